The first-order valence-corrected chi connectivity index (χ1v) is 9.30. The highest BCUT2D eigenvalue weighted by molar-refractivity contribution is 5.96. The molecule has 0 aliphatic carbocycles. The fourth-order valence-corrected chi connectivity index (χ4v) is 3.13. The summed E-state index contributed by atoms with van der Waals surface area (Å²) in [5, 5.41) is 10.6. The molecule has 0 aliphatic heterocycles. The second-order valence-electron chi connectivity index (χ2n) is 6.69. The van der Waals surface area contributed by atoms with E-state index in [4.69, 9.17) is 0 Å². The molecule has 0 spiro atoms. The molecule has 3 rings (SSSR count). The molecule has 0 amide bonds. The maximum absolute atomic E-state index is 12.5. The minimum Gasteiger partial charge on any atom is -0.387 e. The second-order valence-corrected chi connectivity index (χ2v) is 6.69. The average molecular weight is 359 g/mol. The van der Waals surface area contributed by atoms with E-state index in [2.05, 4.69) is 17.0 Å². The van der Waals surface area contributed by atoms with Crippen molar-refractivity contribution in [1.82, 2.24) is 4.90 Å². The molecule has 1 atom stereocenters. The Hall–Kier alpha value is -2.75. The van der Waals surface area contributed by atoms with Crippen molar-refractivity contribution in [2.24, 2.45) is 0 Å². The Balaban J connectivity index is 1.66. The predicted octanol–water partition coefficient (Wildman–Crippen LogP) is 4.50. The monoisotopic (exact) mass is 359 g/mol. The quantitative estimate of drug-likeness (QED) is 0.572. The lowest BCUT2D eigenvalue weighted by atomic mass is 10.1. The van der Waals surface area contributed by atoms with Gasteiger partial charge in [-0.05, 0) is 11.1 Å². The molecule has 3 heteroatoms. The van der Waals surface area contributed by atoms with E-state index in [1.165, 1.54) is 5.56 Å². The molecule has 1 N–H and O–H groups in total. The smallest absolute Gasteiger partial charge is 0.164 e. The van der Waals surface area contributed by atoms with Crippen LogP contribution in [-0.4, -0.2) is 28.9 Å². The average Bonchev–Trinajstić information content (AvgIpc) is 2.73. The van der Waals surface area contributed by atoms with Gasteiger partial charge in [0.2, 0.25) is 0 Å². The van der Waals surface area contributed by atoms with Gasteiger partial charge in [0.25, 0.3) is 0 Å². The number of carbonyl (C=O) groups excluding carboxylic acids is 1. The summed E-state index contributed by atoms with van der Waals surface area (Å²) in [5.41, 5.74) is 2.80. The lowest BCUT2D eigenvalue weighted by Crippen LogP contribution is -2.30. The van der Waals surface area contributed by atoms with Crippen molar-refractivity contribution in [2.75, 3.05) is 13.1 Å². The predicted molar refractivity (Wildman–Crippen MR) is 109 cm³/mol. The van der Waals surface area contributed by atoms with Crippen molar-refractivity contribution >= 4 is 5.78 Å². The molecule has 138 valence electrons. The molecule has 0 radical (unpaired) electrons. The highest BCUT2D eigenvalue weighted by Gasteiger charge is 2.16. The largest absolute Gasteiger partial charge is 0.387 e. The van der Waals surface area contributed by atoms with Crippen molar-refractivity contribution in [1.29, 1.82) is 0 Å². The van der Waals surface area contributed by atoms with Gasteiger partial charge < -0.3 is 5.11 Å². The number of rotatable bonds is 9. The third-order valence-electron chi connectivity index (χ3n) is 4.62. The standard InChI is InChI=1S/C24H25NO2/c26-23(21-12-6-2-7-13-21)16-17-25(18-20-10-4-1-5-11-20)19-24(27)22-14-8-3-9-15-22/h1-15,24,27H,16-19H2. The number of hydrogen-bond donors (Lipinski definition) is 1. The number of aliphatic hydroxyl groups excluding tert-OH is 1. The zero-order valence-electron chi connectivity index (χ0n) is 15.4. The maximum Gasteiger partial charge on any atom is 0.164 e. The molecule has 0 saturated carbocycles. The zero-order valence-corrected chi connectivity index (χ0v) is 15.4. The minimum atomic E-state index is -0.582. The molecule has 27 heavy (non-hydrogen) atoms. The molecule has 0 heterocycles. The lowest BCUT2D eigenvalue weighted by molar-refractivity contribution is 0.0894. The number of hydrogen-bond acceptors (Lipinski definition) is 3. The van der Waals surface area contributed by atoms with Crippen molar-refractivity contribution < 1.29 is 9.90 Å². The highest BCUT2D eigenvalue weighted by Crippen LogP contribution is 2.16. The van der Waals surface area contributed by atoms with Crippen LogP contribution in [0.2, 0.25) is 0 Å². The summed E-state index contributed by atoms with van der Waals surface area (Å²) in [6, 6.07) is 29.2. The first-order valence-electron chi connectivity index (χ1n) is 9.30. The summed E-state index contributed by atoms with van der Waals surface area (Å²) in [7, 11) is 0. The van der Waals surface area contributed by atoms with Crippen LogP contribution in [0.5, 0.6) is 0 Å². The summed E-state index contributed by atoms with van der Waals surface area (Å²) < 4.78 is 0. The number of aliphatic hydroxyl groups is 1. The topological polar surface area (TPSA) is 40.5 Å². The Morgan fingerprint density at radius 2 is 1.37 bits per heavy atom. The molecular formula is C24H25NO2. The van der Waals surface area contributed by atoms with Gasteiger partial charge in [0.1, 0.15) is 0 Å². The molecule has 0 aliphatic rings. The molecule has 0 saturated heterocycles. The molecule has 3 nitrogen and oxygen atoms in total. The molecule has 3 aromatic carbocycles. The van der Waals surface area contributed by atoms with Gasteiger partial charge in [-0.3, -0.25) is 9.69 Å². The maximum atomic E-state index is 12.5. The molecule has 0 aromatic heterocycles. The van der Waals surface area contributed by atoms with Gasteiger partial charge in [-0.1, -0.05) is 91.0 Å². The van der Waals surface area contributed by atoms with Gasteiger partial charge in [-0.25, -0.2) is 0 Å². The summed E-state index contributed by atoms with van der Waals surface area (Å²) in [4.78, 5) is 14.6. The van der Waals surface area contributed by atoms with E-state index in [-0.39, 0.29) is 5.78 Å². The first-order chi connectivity index (χ1) is 13.2. The van der Waals surface area contributed by atoms with E-state index in [1.807, 2.05) is 78.9 Å². The third-order valence-corrected chi connectivity index (χ3v) is 4.62. The number of benzene rings is 3. The fourth-order valence-electron chi connectivity index (χ4n) is 3.13. The fraction of sp³-hybridized carbons (Fsp3) is 0.208. The van der Waals surface area contributed by atoms with Crippen LogP contribution in [-0.2, 0) is 6.54 Å². The van der Waals surface area contributed by atoms with E-state index < -0.39 is 6.10 Å². The Labute approximate surface area is 160 Å². The van der Waals surface area contributed by atoms with Crippen LogP contribution in [0.4, 0.5) is 0 Å². The minimum absolute atomic E-state index is 0.128. The summed E-state index contributed by atoms with van der Waals surface area (Å²) in [6.45, 7) is 1.79. The van der Waals surface area contributed by atoms with Crippen LogP contribution < -0.4 is 0 Å². The molecule has 0 fully saturated rings. The van der Waals surface area contributed by atoms with Crippen LogP contribution >= 0.6 is 0 Å². The number of carbonyl (C=O) groups is 1. The molecule has 3 aromatic rings. The first kappa shape index (κ1) is 19.0. The van der Waals surface area contributed by atoms with Gasteiger partial charge in [0, 0.05) is 31.6 Å². The number of Topliss-reactive ketones (excluding diaryl/α,β-unsaturated/α-hetero) is 1. The summed E-state index contributed by atoms with van der Waals surface area (Å²) in [6.07, 6.45) is -0.153. The highest BCUT2D eigenvalue weighted by atomic mass is 16.3. The SMILES string of the molecule is O=C(CCN(Cc1ccccc1)CC(O)c1ccccc1)c1ccccc1. The normalized spacial score (nSPS) is 12.1. The number of ketones is 1. The van der Waals surface area contributed by atoms with Gasteiger partial charge >= 0.3 is 0 Å². The Kier molecular flexibility index (Phi) is 6.91. The lowest BCUT2D eigenvalue weighted by Gasteiger charge is -2.25. The van der Waals surface area contributed by atoms with E-state index in [1.54, 1.807) is 0 Å². The van der Waals surface area contributed by atoms with Gasteiger partial charge in [-0.15, -0.1) is 0 Å². The molecule has 0 bridgehead atoms. The summed E-state index contributed by atoms with van der Waals surface area (Å²) in [5.74, 6) is 0.128. The van der Waals surface area contributed by atoms with E-state index in [0.29, 0.717) is 26.1 Å². The number of nitrogens with zero attached hydrogens (tertiary/aromatic N) is 1. The van der Waals surface area contributed by atoms with Crippen molar-refractivity contribution in [3.63, 3.8) is 0 Å². The third kappa shape index (κ3) is 5.88. The summed E-state index contributed by atoms with van der Waals surface area (Å²) >= 11 is 0. The molecule has 1 unspecified atom stereocenters. The van der Waals surface area contributed by atoms with Crippen LogP contribution in [0.3, 0.4) is 0 Å². The van der Waals surface area contributed by atoms with E-state index in [0.717, 1.165) is 11.1 Å². The van der Waals surface area contributed by atoms with Crippen LogP contribution in [0.1, 0.15) is 34.0 Å². The van der Waals surface area contributed by atoms with Crippen LogP contribution in [0.25, 0.3) is 0 Å². The van der Waals surface area contributed by atoms with Gasteiger partial charge in [-0.2, -0.15) is 0 Å². The zero-order chi connectivity index (χ0) is 18.9. The van der Waals surface area contributed by atoms with Gasteiger partial charge in [0.15, 0.2) is 5.78 Å². The second kappa shape index (κ2) is 9.81. The van der Waals surface area contributed by atoms with Crippen molar-refractivity contribution in [3.05, 3.63) is 108 Å². The Bertz CT molecular complexity index is 819. The van der Waals surface area contributed by atoms with E-state index >= 15 is 0 Å². The van der Waals surface area contributed by atoms with Gasteiger partial charge in [0.05, 0.1) is 6.10 Å². The Morgan fingerprint density at radius 3 is 2.00 bits per heavy atom. The van der Waals surface area contributed by atoms with E-state index in [9.17, 15) is 9.90 Å². The van der Waals surface area contributed by atoms with Crippen molar-refractivity contribution in [2.45, 2.75) is 19.1 Å². The van der Waals surface area contributed by atoms with Crippen molar-refractivity contribution in [3.8, 4) is 0 Å². The van der Waals surface area contributed by atoms with Crippen LogP contribution in [0, 0.1) is 0 Å². The molecular weight excluding hydrogens is 334 g/mol. The Morgan fingerprint density at radius 1 is 0.815 bits per heavy atom. The van der Waals surface area contributed by atoms with Crippen LogP contribution in [0.15, 0.2) is 91.0 Å².